The molecule has 1 amide bonds. The predicted octanol–water partition coefficient (Wildman–Crippen LogP) is 4.76. The monoisotopic (exact) mass is 379 g/mol. The van der Waals surface area contributed by atoms with Crippen LogP contribution in [0.4, 0.5) is 4.39 Å². The number of hydrogen-bond donors (Lipinski definition) is 2. The van der Waals surface area contributed by atoms with Crippen LogP contribution < -0.4 is 10.3 Å². The van der Waals surface area contributed by atoms with Crippen LogP contribution in [0.1, 0.15) is 42.6 Å². The van der Waals surface area contributed by atoms with Crippen molar-refractivity contribution in [3.8, 4) is 11.3 Å². The molecule has 1 saturated carbocycles. The van der Waals surface area contributed by atoms with E-state index in [9.17, 15) is 9.18 Å². The highest BCUT2D eigenvalue weighted by molar-refractivity contribution is 7.98. The first-order valence-corrected chi connectivity index (χ1v) is 9.53. The summed E-state index contributed by atoms with van der Waals surface area (Å²) in [6.07, 6.45) is 5.92. The highest BCUT2D eigenvalue weighted by atomic mass is 35.5. The van der Waals surface area contributed by atoms with E-state index in [1.54, 1.807) is 0 Å². The van der Waals surface area contributed by atoms with Gasteiger partial charge in [0, 0.05) is 10.8 Å². The van der Waals surface area contributed by atoms with E-state index in [2.05, 4.69) is 15.2 Å². The molecule has 1 aliphatic rings. The second kappa shape index (κ2) is 8.65. The van der Waals surface area contributed by atoms with Crippen molar-refractivity contribution in [2.24, 2.45) is 0 Å². The third-order valence-electron chi connectivity index (χ3n) is 4.14. The van der Waals surface area contributed by atoms with E-state index in [0.29, 0.717) is 10.9 Å². The Morgan fingerprint density at radius 1 is 1.20 bits per heavy atom. The lowest BCUT2D eigenvalue weighted by Crippen LogP contribution is -2.35. The number of nitrogens with zero attached hydrogens (tertiary/aromatic N) is 1. The quantitative estimate of drug-likeness (QED) is 0.581. The average molecular weight is 380 g/mol. The molecule has 4 nitrogen and oxygen atoms in total. The smallest absolute Gasteiger partial charge is 0.276 e. The Labute approximate surface area is 155 Å². The molecule has 0 atom stereocenters. The Morgan fingerprint density at radius 3 is 2.64 bits per heavy atom. The van der Waals surface area contributed by atoms with Crippen LogP contribution in [0.2, 0.25) is 5.02 Å². The first kappa shape index (κ1) is 18.2. The minimum absolute atomic E-state index is 0.126. The van der Waals surface area contributed by atoms with Crippen molar-refractivity contribution in [3.05, 3.63) is 52.9 Å². The molecule has 2 N–H and O–H groups in total. The Balaban J connectivity index is 1.69. The summed E-state index contributed by atoms with van der Waals surface area (Å²) in [5.74, 6) is -1.45. The zero-order chi connectivity index (χ0) is 17.6. The zero-order valence-corrected chi connectivity index (χ0v) is 15.2. The SMILES string of the molecule is O=C(NNSC1CCCCC1)c1nc(-c2ccccc2)cc(Cl)c1F. The van der Waals surface area contributed by atoms with Crippen molar-refractivity contribution in [1.29, 1.82) is 0 Å². The zero-order valence-electron chi connectivity index (χ0n) is 13.6. The Kier molecular flexibility index (Phi) is 6.29. The molecule has 1 fully saturated rings. The molecule has 2 aromatic rings. The molecule has 132 valence electrons. The predicted molar refractivity (Wildman–Crippen MR) is 99.7 cm³/mol. The molecule has 25 heavy (non-hydrogen) atoms. The highest BCUT2D eigenvalue weighted by Crippen LogP contribution is 2.27. The normalized spacial score (nSPS) is 15.1. The fourth-order valence-electron chi connectivity index (χ4n) is 2.81. The Bertz CT molecular complexity index is 739. The van der Waals surface area contributed by atoms with Gasteiger partial charge in [0.05, 0.1) is 10.7 Å². The maximum Gasteiger partial charge on any atom is 0.287 e. The van der Waals surface area contributed by atoms with Gasteiger partial charge in [0.2, 0.25) is 0 Å². The summed E-state index contributed by atoms with van der Waals surface area (Å²) in [4.78, 5) is 19.3. The minimum atomic E-state index is -0.816. The van der Waals surface area contributed by atoms with Crippen molar-refractivity contribution in [1.82, 2.24) is 15.2 Å². The van der Waals surface area contributed by atoms with Gasteiger partial charge in [-0.15, -0.1) is 0 Å². The molecule has 0 unspecified atom stereocenters. The number of nitrogens with one attached hydrogen (secondary N) is 2. The van der Waals surface area contributed by atoms with E-state index < -0.39 is 11.7 Å². The topological polar surface area (TPSA) is 54.0 Å². The van der Waals surface area contributed by atoms with E-state index in [4.69, 9.17) is 11.6 Å². The second-order valence-corrected chi connectivity index (χ2v) is 7.47. The number of hydrazine groups is 1. The van der Waals surface area contributed by atoms with Crippen molar-refractivity contribution >= 4 is 29.5 Å². The third kappa shape index (κ3) is 4.71. The van der Waals surface area contributed by atoms with E-state index in [-0.39, 0.29) is 10.7 Å². The lowest BCUT2D eigenvalue weighted by molar-refractivity contribution is 0.0937. The number of amides is 1. The highest BCUT2D eigenvalue weighted by Gasteiger charge is 2.20. The summed E-state index contributed by atoms with van der Waals surface area (Å²) in [5, 5.41) is 0.338. The number of pyridine rings is 1. The van der Waals surface area contributed by atoms with Gasteiger partial charge < -0.3 is 0 Å². The number of aromatic nitrogens is 1. The fourth-order valence-corrected chi connectivity index (χ4v) is 3.89. The average Bonchev–Trinajstić information content (AvgIpc) is 2.65. The van der Waals surface area contributed by atoms with Crippen molar-refractivity contribution in [2.45, 2.75) is 37.4 Å². The molecular weight excluding hydrogens is 361 g/mol. The van der Waals surface area contributed by atoms with E-state index in [1.807, 2.05) is 30.3 Å². The van der Waals surface area contributed by atoms with Crippen molar-refractivity contribution in [3.63, 3.8) is 0 Å². The van der Waals surface area contributed by atoms with Gasteiger partial charge in [0.1, 0.15) is 0 Å². The molecular formula is C18H19ClFN3OS. The molecule has 0 saturated heterocycles. The number of carbonyl (C=O) groups is 1. The largest absolute Gasteiger partial charge is 0.287 e. The van der Waals surface area contributed by atoms with Gasteiger partial charge in [0.25, 0.3) is 5.91 Å². The van der Waals surface area contributed by atoms with Crippen LogP contribution in [0.25, 0.3) is 11.3 Å². The summed E-state index contributed by atoms with van der Waals surface area (Å²) in [6, 6.07) is 10.6. The van der Waals surface area contributed by atoms with Crippen LogP contribution in [0.15, 0.2) is 36.4 Å². The summed E-state index contributed by atoms with van der Waals surface area (Å²) < 4.78 is 14.2. The van der Waals surface area contributed by atoms with Gasteiger partial charge in [-0.1, -0.05) is 73.1 Å². The summed E-state index contributed by atoms with van der Waals surface area (Å²) in [7, 11) is 0. The molecule has 1 aromatic heterocycles. The van der Waals surface area contributed by atoms with Crippen LogP contribution in [0, 0.1) is 5.82 Å². The van der Waals surface area contributed by atoms with E-state index in [1.165, 1.54) is 37.3 Å². The lowest BCUT2D eigenvalue weighted by atomic mass is 10.0. The van der Waals surface area contributed by atoms with Gasteiger partial charge >= 0.3 is 0 Å². The first-order valence-electron chi connectivity index (χ1n) is 8.27. The number of benzene rings is 1. The standard InChI is InChI=1S/C18H19ClFN3OS/c19-14-11-15(12-7-3-1-4-8-12)21-17(16(14)20)18(24)22-23-25-13-9-5-2-6-10-13/h1,3-4,7-8,11,13,23H,2,5-6,9-10H2,(H,22,24). The first-order chi connectivity index (χ1) is 12.1. The van der Waals surface area contributed by atoms with Crippen LogP contribution in [-0.2, 0) is 0 Å². The minimum Gasteiger partial charge on any atom is -0.276 e. The molecule has 7 heteroatoms. The van der Waals surface area contributed by atoms with Gasteiger partial charge in [-0.2, -0.15) is 4.83 Å². The molecule has 1 aliphatic carbocycles. The Morgan fingerprint density at radius 2 is 1.92 bits per heavy atom. The second-order valence-electron chi connectivity index (χ2n) is 5.95. The Hall–Kier alpha value is -1.63. The van der Waals surface area contributed by atoms with Crippen LogP contribution in [0.5, 0.6) is 0 Å². The molecule has 1 heterocycles. The maximum absolute atomic E-state index is 14.2. The van der Waals surface area contributed by atoms with Crippen molar-refractivity contribution < 1.29 is 9.18 Å². The van der Waals surface area contributed by atoms with Crippen molar-refractivity contribution in [2.75, 3.05) is 0 Å². The van der Waals surface area contributed by atoms with Gasteiger partial charge in [0.15, 0.2) is 11.5 Å². The molecule has 1 aromatic carbocycles. The fraction of sp³-hybridized carbons (Fsp3) is 0.333. The van der Waals surface area contributed by atoms with E-state index >= 15 is 0 Å². The number of halogens is 2. The number of rotatable bonds is 5. The number of carbonyl (C=O) groups excluding carboxylic acids is 1. The van der Waals surface area contributed by atoms with Crippen LogP contribution >= 0.6 is 23.5 Å². The molecule has 0 aliphatic heterocycles. The molecule has 0 bridgehead atoms. The van der Waals surface area contributed by atoms with Crippen LogP contribution in [0.3, 0.4) is 0 Å². The van der Waals surface area contributed by atoms with Gasteiger partial charge in [-0.25, -0.2) is 9.37 Å². The lowest BCUT2D eigenvalue weighted by Gasteiger charge is -2.21. The molecule has 0 spiro atoms. The summed E-state index contributed by atoms with van der Waals surface area (Å²) in [6.45, 7) is 0. The summed E-state index contributed by atoms with van der Waals surface area (Å²) >= 11 is 7.41. The van der Waals surface area contributed by atoms with E-state index in [0.717, 1.165) is 18.4 Å². The molecule has 0 radical (unpaired) electrons. The molecule has 3 rings (SSSR count). The van der Waals surface area contributed by atoms with Gasteiger partial charge in [-0.05, 0) is 18.9 Å². The third-order valence-corrected chi connectivity index (χ3v) is 5.44. The van der Waals surface area contributed by atoms with Crippen LogP contribution in [-0.4, -0.2) is 16.1 Å². The van der Waals surface area contributed by atoms with Gasteiger partial charge in [-0.3, -0.25) is 10.2 Å². The number of hydrogen-bond acceptors (Lipinski definition) is 4. The maximum atomic E-state index is 14.2. The summed E-state index contributed by atoms with van der Waals surface area (Å²) in [5.41, 5.74) is 3.41.